The van der Waals surface area contributed by atoms with Crippen LogP contribution in [0.3, 0.4) is 0 Å². The second-order valence-corrected chi connectivity index (χ2v) is 6.15. The van der Waals surface area contributed by atoms with Gasteiger partial charge in [-0.1, -0.05) is 12.1 Å². The van der Waals surface area contributed by atoms with Gasteiger partial charge in [0.25, 0.3) is 0 Å². The van der Waals surface area contributed by atoms with Crippen molar-refractivity contribution >= 4 is 17.8 Å². The number of methoxy groups -OCH3 is 1. The lowest BCUT2D eigenvalue weighted by Crippen LogP contribution is -2.13. The first-order chi connectivity index (χ1) is 13.8. The highest BCUT2D eigenvalue weighted by atomic mass is 19.3. The van der Waals surface area contributed by atoms with E-state index in [0.717, 1.165) is 24.0 Å². The van der Waals surface area contributed by atoms with Crippen molar-refractivity contribution < 1.29 is 32.6 Å². The van der Waals surface area contributed by atoms with Crippen LogP contribution in [0.1, 0.15) is 34.2 Å². The van der Waals surface area contributed by atoms with Crippen LogP contribution in [0, 0.1) is 13.8 Å². The molecule has 8 heteroatoms. The Hall–Kier alpha value is -3.16. The van der Waals surface area contributed by atoms with Crippen LogP contribution in [-0.2, 0) is 16.1 Å². The van der Waals surface area contributed by atoms with Crippen LogP contribution in [0.5, 0.6) is 11.5 Å². The Morgan fingerprint density at radius 3 is 2.55 bits per heavy atom. The molecule has 0 fully saturated rings. The summed E-state index contributed by atoms with van der Waals surface area (Å²) in [6, 6.07) is 6.26. The number of benzene rings is 1. The number of hydrogen-bond acceptors (Lipinski definition) is 5. The lowest BCUT2D eigenvalue weighted by atomic mass is 10.1. The highest BCUT2D eigenvalue weighted by Crippen LogP contribution is 2.33. The van der Waals surface area contributed by atoms with E-state index in [4.69, 9.17) is 9.47 Å². The summed E-state index contributed by atoms with van der Waals surface area (Å²) < 4.78 is 41.7. The fraction of sp³-hybridized carbons (Fsp3) is 0.333. The monoisotopic (exact) mass is 407 g/mol. The molecule has 0 amide bonds. The number of ether oxygens (including phenoxy) is 3. The van der Waals surface area contributed by atoms with Crippen LogP contribution in [0.15, 0.2) is 30.3 Å². The number of ketones is 1. The van der Waals surface area contributed by atoms with Crippen molar-refractivity contribution in [3.05, 3.63) is 52.9 Å². The zero-order valence-electron chi connectivity index (χ0n) is 16.7. The van der Waals surface area contributed by atoms with E-state index in [1.54, 1.807) is 12.1 Å². The molecule has 0 spiro atoms. The molecule has 0 aliphatic rings. The molecule has 0 bridgehead atoms. The molecule has 1 heterocycles. The SMILES string of the molecule is CCn1c(C)cc(C(=O)COC(=O)/C=C/c2cccc(OC)c2OC(F)F)c1C. The molecule has 0 aliphatic carbocycles. The molecule has 0 saturated heterocycles. The minimum Gasteiger partial charge on any atom is -0.493 e. The van der Waals surface area contributed by atoms with Crippen LogP contribution < -0.4 is 9.47 Å². The fourth-order valence-electron chi connectivity index (χ4n) is 3.03. The van der Waals surface area contributed by atoms with Gasteiger partial charge < -0.3 is 18.8 Å². The number of rotatable bonds is 9. The van der Waals surface area contributed by atoms with Gasteiger partial charge in [-0.2, -0.15) is 8.78 Å². The number of Topliss-reactive ketones (excluding diaryl/α,β-unsaturated/α-hetero) is 1. The predicted molar refractivity (Wildman–Crippen MR) is 104 cm³/mol. The van der Waals surface area contributed by atoms with E-state index in [1.807, 2.05) is 25.3 Å². The third kappa shape index (κ3) is 5.43. The predicted octanol–water partition coefficient (Wildman–Crippen LogP) is 4.17. The highest BCUT2D eigenvalue weighted by Gasteiger charge is 2.17. The van der Waals surface area contributed by atoms with Crippen molar-refractivity contribution in [2.75, 3.05) is 13.7 Å². The average Bonchev–Trinajstić information content (AvgIpc) is 2.98. The molecular weight excluding hydrogens is 384 g/mol. The summed E-state index contributed by atoms with van der Waals surface area (Å²) in [5.41, 5.74) is 2.47. The van der Waals surface area contributed by atoms with Crippen LogP contribution in [0.2, 0.25) is 0 Å². The maximum absolute atomic E-state index is 12.6. The van der Waals surface area contributed by atoms with Gasteiger partial charge in [0.2, 0.25) is 5.78 Å². The fourth-order valence-corrected chi connectivity index (χ4v) is 3.03. The number of nitrogens with zero attached hydrogens (tertiary/aromatic N) is 1. The van der Waals surface area contributed by atoms with Crippen LogP contribution in [0.4, 0.5) is 8.78 Å². The van der Waals surface area contributed by atoms with Crippen molar-refractivity contribution in [2.24, 2.45) is 0 Å². The van der Waals surface area contributed by atoms with E-state index < -0.39 is 19.2 Å². The van der Waals surface area contributed by atoms with Crippen molar-refractivity contribution in [1.29, 1.82) is 0 Å². The van der Waals surface area contributed by atoms with Gasteiger partial charge in [-0.3, -0.25) is 4.79 Å². The number of carbonyl (C=O) groups excluding carboxylic acids is 2. The van der Waals surface area contributed by atoms with Gasteiger partial charge in [0.1, 0.15) is 0 Å². The molecule has 156 valence electrons. The lowest BCUT2D eigenvalue weighted by Gasteiger charge is -2.12. The molecule has 1 aromatic heterocycles. The minimum atomic E-state index is -3.05. The minimum absolute atomic E-state index is 0.0993. The number of halogens is 2. The van der Waals surface area contributed by atoms with Crippen LogP contribution in [0.25, 0.3) is 6.08 Å². The maximum atomic E-state index is 12.6. The molecule has 0 N–H and O–H groups in total. The van der Waals surface area contributed by atoms with E-state index in [0.29, 0.717) is 5.56 Å². The van der Waals surface area contributed by atoms with Crippen molar-refractivity contribution in [3.63, 3.8) is 0 Å². The third-order valence-corrected chi connectivity index (χ3v) is 4.37. The molecule has 0 atom stereocenters. The van der Waals surface area contributed by atoms with Gasteiger partial charge in [0.15, 0.2) is 18.1 Å². The zero-order chi connectivity index (χ0) is 21.6. The Morgan fingerprint density at radius 2 is 1.97 bits per heavy atom. The first-order valence-corrected chi connectivity index (χ1v) is 8.95. The van der Waals surface area contributed by atoms with Crippen molar-refractivity contribution in [1.82, 2.24) is 4.57 Å². The molecule has 0 aliphatic heterocycles. The summed E-state index contributed by atoms with van der Waals surface area (Å²) in [5, 5.41) is 0. The third-order valence-electron chi connectivity index (χ3n) is 4.37. The second kappa shape index (κ2) is 9.86. The lowest BCUT2D eigenvalue weighted by molar-refractivity contribution is -0.136. The van der Waals surface area contributed by atoms with Gasteiger partial charge in [-0.25, -0.2) is 4.79 Å². The molecule has 0 unspecified atom stereocenters. The smallest absolute Gasteiger partial charge is 0.387 e. The number of aromatic nitrogens is 1. The largest absolute Gasteiger partial charge is 0.493 e. The molecule has 0 radical (unpaired) electrons. The van der Waals surface area contributed by atoms with Gasteiger partial charge in [-0.15, -0.1) is 0 Å². The highest BCUT2D eigenvalue weighted by molar-refractivity contribution is 6.00. The van der Waals surface area contributed by atoms with E-state index >= 15 is 0 Å². The Kier molecular flexibility index (Phi) is 7.52. The molecule has 2 aromatic rings. The van der Waals surface area contributed by atoms with E-state index in [2.05, 4.69) is 4.74 Å². The van der Waals surface area contributed by atoms with Gasteiger partial charge in [-0.05, 0) is 39.0 Å². The molecule has 29 heavy (non-hydrogen) atoms. The number of para-hydroxylation sites is 1. The summed E-state index contributed by atoms with van der Waals surface area (Å²) in [4.78, 5) is 24.3. The molecule has 0 saturated carbocycles. The molecule has 1 aromatic carbocycles. The van der Waals surface area contributed by atoms with E-state index in [9.17, 15) is 18.4 Å². The van der Waals surface area contributed by atoms with Gasteiger partial charge >= 0.3 is 12.6 Å². The van der Waals surface area contributed by atoms with Crippen LogP contribution in [-0.4, -0.2) is 36.6 Å². The summed E-state index contributed by atoms with van der Waals surface area (Å²) >= 11 is 0. The maximum Gasteiger partial charge on any atom is 0.387 e. The first-order valence-electron chi connectivity index (χ1n) is 8.95. The average molecular weight is 407 g/mol. The van der Waals surface area contributed by atoms with Gasteiger partial charge in [0, 0.05) is 35.1 Å². The number of aryl methyl sites for hydroxylation is 1. The first kappa shape index (κ1) is 22.1. The molecule has 2 rings (SSSR count). The van der Waals surface area contributed by atoms with Crippen molar-refractivity contribution in [2.45, 2.75) is 33.9 Å². The van der Waals surface area contributed by atoms with Crippen LogP contribution >= 0.6 is 0 Å². The quantitative estimate of drug-likeness (QED) is 0.355. The summed E-state index contributed by atoms with van der Waals surface area (Å²) in [6.07, 6.45) is 2.30. The molecule has 6 nitrogen and oxygen atoms in total. The van der Waals surface area contributed by atoms with E-state index in [1.165, 1.54) is 25.3 Å². The Bertz CT molecular complexity index is 918. The number of alkyl halides is 2. The molecular formula is C21H23F2NO5. The number of hydrogen-bond donors (Lipinski definition) is 0. The Labute approximate surface area is 167 Å². The van der Waals surface area contributed by atoms with Gasteiger partial charge in [0.05, 0.1) is 7.11 Å². The Balaban J connectivity index is 2.06. The van der Waals surface area contributed by atoms with E-state index in [-0.39, 0.29) is 22.8 Å². The summed E-state index contributed by atoms with van der Waals surface area (Å²) in [7, 11) is 1.32. The summed E-state index contributed by atoms with van der Waals surface area (Å²) in [5.74, 6) is -1.20. The zero-order valence-corrected chi connectivity index (χ0v) is 16.7. The Morgan fingerprint density at radius 1 is 1.24 bits per heavy atom. The van der Waals surface area contributed by atoms with Crippen molar-refractivity contribution in [3.8, 4) is 11.5 Å². The number of carbonyl (C=O) groups is 2. The topological polar surface area (TPSA) is 66.8 Å². The second-order valence-electron chi connectivity index (χ2n) is 6.15. The normalized spacial score (nSPS) is 11.1. The summed E-state index contributed by atoms with van der Waals surface area (Å²) in [6.45, 7) is 2.97. The number of esters is 1. The standard InChI is InChI=1S/C21H23F2NO5/c1-5-24-13(2)11-16(14(24)3)17(25)12-28-19(26)10-9-15-7-6-8-18(27-4)20(15)29-21(22)23/h6-11,21H,5,12H2,1-4H3/b10-9+.